The van der Waals surface area contributed by atoms with Crippen LogP contribution in [0.1, 0.15) is 0 Å². The van der Waals surface area contributed by atoms with Gasteiger partial charge in [0.05, 0.1) is 5.69 Å². The molecule has 0 atom stereocenters. The first-order valence-corrected chi connectivity index (χ1v) is 6.32. The van der Waals surface area contributed by atoms with Gasteiger partial charge in [-0.1, -0.05) is 17.7 Å². The predicted molar refractivity (Wildman–Crippen MR) is 76.6 cm³/mol. The van der Waals surface area contributed by atoms with E-state index in [0.29, 0.717) is 21.1 Å². The molecule has 19 heavy (non-hydrogen) atoms. The second-order valence-electron chi connectivity index (χ2n) is 3.92. The number of hydrogen-bond acceptors (Lipinski definition) is 3. The highest BCUT2D eigenvalue weighted by Gasteiger charge is 2.06. The molecule has 0 saturated heterocycles. The van der Waals surface area contributed by atoms with Crippen LogP contribution in [0.4, 0.5) is 0 Å². The van der Waals surface area contributed by atoms with Crippen molar-refractivity contribution >= 4 is 29.5 Å². The Kier molecular flexibility index (Phi) is 2.93. The third kappa shape index (κ3) is 2.07. The van der Waals surface area contributed by atoms with Gasteiger partial charge in [0.2, 0.25) is 0 Å². The molecule has 0 fully saturated rings. The maximum atomic E-state index is 12.1. The van der Waals surface area contributed by atoms with Crippen molar-refractivity contribution in [3.63, 3.8) is 0 Å². The number of nitrogens with zero attached hydrogens (tertiary/aromatic N) is 3. The number of fused-ring (bicyclic) bond motifs is 1. The van der Waals surface area contributed by atoms with E-state index in [9.17, 15) is 4.79 Å². The van der Waals surface area contributed by atoms with Crippen molar-refractivity contribution in [3.8, 4) is 5.69 Å². The van der Waals surface area contributed by atoms with Crippen LogP contribution in [0.2, 0.25) is 5.02 Å². The number of hydrogen-bond donors (Lipinski definition) is 0. The number of aromatic nitrogens is 3. The maximum absolute atomic E-state index is 12.1. The van der Waals surface area contributed by atoms with Crippen LogP contribution < -0.4 is 5.69 Å². The molecule has 0 bridgehead atoms. The van der Waals surface area contributed by atoms with Crippen molar-refractivity contribution in [2.45, 2.75) is 0 Å². The lowest BCUT2D eigenvalue weighted by Gasteiger charge is -2.08. The minimum atomic E-state index is -0.404. The van der Waals surface area contributed by atoms with E-state index in [2.05, 4.69) is 4.98 Å². The molecule has 3 rings (SSSR count). The van der Waals surface area contributed by atoms with E-state index in [4.69, 9.17) is 23.8 Å². The Morgan fingerprint density at radius 1 is 1.11 bits per heavy atom. The van der Waals surface area contributed by atoms with Crippen molar-refractivity contribution in [1.29, 1.82) is 0 Å². The summed E-state index contributed by atoms with van der Waals surface area (Å²) in [5.74, 6) is 0. The van der Waals surface area contributed by atoms with Crippen LogP contribution in [0.25, 0.3) is 11.3 Å². The molecule has 0 spiro atoms. The number of pyridine rings is 1. The van der Waals surface area contributed by atoms with Crippen LogP contribution in [-0.2, 0) is 0 Å². The normalized spacial score (nSPS) is 10.8. The molecule has 4 nitrogen and oxygen atoms in total. The van der Waals surface area contributed by atoms with E-state index in [1.165, 1.54) is 4.57 Å². The van der Waals surface area contributed by atoms with E-state index < -0.39 is 5.69 Å². The Hall–Kier alpha value is -1.98. The third-order valence-electron chi connectivity index (χ3n) is 2.72. The molecular weight excluding hydrogens is 282 g/mol. The Morgan fingerprint density at radius 3 is 2.58 bits per heavy atom. The van der Waals surface area contributed by atoms with E-state index in [1.54, 1.807) is 40.9 Å². The van der Waals surface area contributed by atoms with Gasteiger partial charge >= 0.3 is 5.69 Å². The quantitative estimate of drug-likeness (QED) is 0.647. The number of rotatable bonds is 1. The average Bonchev–Trinajstić information content (AvgIpc) is 2.41. The molecule has 0 N–H and O–H groups in total. The monoisotopic (exact) mass is 289 g/mol. The summed E-state index contributed by atoms with van der Waals surface area (Å²) in [5.41, 5.74) is 0.770. The standard InChI is InChI=1S/C13H8ClN3OS/c14-9-4-6-10(7-5-9)17-12(18)15-11-3-1-2-8-16(11)13(17)19/h1-8H. The number of halogens is 1. The molecule has 1 aromatic carbocycles. The lowest BCUT2D eigenvalue weighted by Crippen LogP contribution is -2.24. The summed E-state index contributed by atoms with van der Waals surface area (Å²) < 4.78 is 3.43. The van der Waals surface area contributed by atoms with Gasteiger partial charge in [-0.3, -0.25) is 4.40 Å². The second-order valence-corrected chi connectivity index (χ2v) is 4.72. The molecule has 0 aliphatic rings. The minimum Gasteiger partial charge on any atom is -0.277 e. The van der Waals surface area contributed by atoms with Crippen LogP contribution in [0.5, 0.6) is 0 Å². The molecular formula is C13H8ClN3OS. The van der Waals surface area contributed by atoms with Gasteiger partial charge in [-0.25, -0.2) is 9.36 Å². The molecule has 0 radical (unpaired) electrons. The van der Waals surface area contributed by atoms with Crippen molar-refractivity contribution in [1.82, 2.24) is 14.0 Å². The zero-order valence-electron chi connectivity index (χ0n) is 9.65. The summed E-state index contributed by atoms with van der Waals surface area (Å²) in [7, 11) is 0. The van der Waals surface area contributed by atoms with Gasteiger partial charge in [-0.05, 0) is 48.6 Å². The van der Waals surface area contributed by atoms with Gasteiger partial charge in [-0.2, -0.15) is 4.98 Å². The van der Waals surface area contributed by atoms with Gasteiger partial charge in [0.1, 0.15) is 5.65 Å². The minimum absolute atomic E-state index is 0.373. The molecule has 0 amide bonds. The van der Waals surface area contributed by atoms with Crippen molar-refractivity contribution in [3.05, 3.63) is 68.9 Å². The van der Waals surface area contributed by atoms with E-state index in [1.807, 2.05) is 12.1 Å². The zero-order valence-corrected chi connectivity index (χ0v) is 11.2. The summed E-state index contributed by atoms with van der Waals surface area (Å²) in [6.45, 7) is 0. The van der Waals surface area contributed by atoms with Crippen molar-refractivity contribution < 1.29 is 0 Å². The van der Waals surface area contributed by atoms with Gasteiger partial charge in [0.15, 0.2) is 4.77 Å². The topological polar surface area (TPSA) is 39.3 Å². The summed E-state index contributed by atoms with van der Waals surface area (Å²) in [6.07, 6.45) is 1.77. The molecule has 2 aromatic heterocycles. The van der Waals surface area contributed by atoms with Crippen LogP contribution in [0.15, 0.2) is 53.5 Å². The Morgan fingerprint density at radius 2 is 1.84 bits per heavy atom. The molecule has 3 aromatic rings. The van der Waals surface area contributed by atoms with Crippen molar-refractivity contribution in [2.24, 2.45) is 0 Å². The highest BCUT2D eigenvalue weighted by atomic mass is 35.5. The lowest BCUT2D eigenvalue weighted by molar-refractivity contribution is 0.827. The van der Waals surface area contributed by atoms with Gasteiger partial charge in [-0.15, -0.1) is 0 Å². The van der Waals surface area contributed by atoms with Gasteiger partial charge in [0, 0.05) is 11.2 Å². The van der Waals surface area contributed by atoms with E-state index in [-0.39, 0.29) is 0 Å². The fourth-order valence-electron chi connectivity index (χ4n) is 1.84. The fourth-order valence-corrected chi connectivity index (χ4v) is 2.30. The molecule has 0 aliphatic carbocycles. The van der Waals surface area contributed by atoms with Crippen LogP contribution >= 0.6 is 23.8 Å². The largest absolute Gasteiger partial charge is 0.356 e. The first kappa shape index (κ1) is 12.1. The summed E-state index contributed by atoms with van der Waals surface area (Å²) in [4.78, 5) is 16.1. The molecule has 6 heteroatoms. The predicted octanol–water partition coefficient (Wildman–Crippen LogP) is 2.87. The SMILES string of the molecule is O=c1nc2ccccn2c(=S)n1-c1ccc(Cl)cc1. The molecule has 94 valence electrons. The molecule has 0 unspecified atom stereocenters. The zero-order chi connectivity index (χ0) is 13.4. The molecule has 0 saturated carbocycles. The first-order chi connectivity index (χ1) is 9.16. The van der Waals surface area contributed by atoms with E-state index in [0.717, 1.165) is 0 Å². The van der Waals surface area contributed by atoms with Crippen molar-refractivity contribution in [2.75, 3.05) is 0 Å². The summed E-state index contributed by atoms with van der Waals surface area (Å²) >= 11 is 11.2. The van der Waals surface area contributed by atoms with Crippen LogP contribution in [0.3, 0.4) is 0 Å². The molecule has 0 aliphatic heterocycles. The van der Waals surface area contributed by atoms with Gasteiger partial charge < -0.3 is 0 Å². The van der Waals surface area contributed by atoms with Gasteiger partial charge in [0.25, 0.3) is 0 Å². The Bertz CT molecular complexity index is 867. The first-order valence-electron chi connectivity index (χ1n) is 5.53. The highest BCUT2D eigenvalue weighted by molar-refractivity contribution is 7.71. The Labute approximate surface area is 118 Å². The van der Waals surface area contributed by atoms with Crippen LogP contribution in [-0.4, -0.2) is 14.0 Å². The lowest BCUT2D eigenvalue weighted by atomic mass is 10.3. The smallest absolute Gasteiger partial charge is 0.277 e. The maximum Gasteiger partial charge on any atom is 0.356 e. The third-order valence-corrected chi connectivity index (χ3v) is 3.35. The number of benzene rings is 1. The molecule has 2 heterocycles. The second kappa shape index (κ2) is 4.60. The summed E-state index contributed by atoms with van der Waals surface area (Å²) in [6, 6.07) is 12.3. The average molecular weight is 290 g/mol. The summed E-state index contributed by atoms with van der Waals surface area (Å²) in [5, 5.41) is 0.601. The van der Waals surface area contributed by atoms with E-state index >= 15 is 0 Å². The fraction of sp³-hybridized carbons (Fsp3) is 0. The van der Waals surface area contributed by atoms with Crippen LogP contribution in [0, 0.1) is 4.77 Å². The Balaban J connectivity index is 2.39. The highest BCUT2D eigenvalue weighted by Crippen LogP contribution is 2.12.